The largest absolute Gasteiger partial charge is 0.497 e. The number of ether oxygens (including phenoxy) is 1. The molecule has 0 fully saturated rings. The summed E-state index contributed by atoms with van der Waals surface area (Å²) in [4.78, 5) is 23.3. The van der Waals surface area contributed by atoms with Crippen molar-refractivity contribution < 1.29 is 18.7 Å². The maximum atomic E-state index is 12.0. The van der Waals surface area contributed by atoms with Gasteiger partial charge >= 0.3 is 0 Å². The molecule has 0 radical (unpaired) electrons. The van der Waals surface area contributed by atoms with Gasteiger partial charge in [-0.15, -0.1) is 0 Å². The third-order valence-electron chi connectivity index (χ3n) is 3.77. The van der Waals surface area contributed by atoms with Crippen LogP contribution in [0.4, 0.5) is 5.69 Å². The predicted octanol–water partition coefficient (Wildman–Crippen LogP) is 3.39. The number of rotatable bonds is 7. The highest BCUT2D eigenvalue weighted by molar-refractivity contribution is 6.01. The number of anilines is 1. The summed E-state index contributed by atoms with van der Waals surface area (Å²) in [7, 11) is 1.60. The minimum absolute atomic E-state index is 0.127. The highest BCUT2D eigenvalue weighted by Gasteiger charge is 2.08. The summed E-state index contributed by atoms with van der Waals surface area (Å²) in [6, 6.07) is 10.7. The minimum atomic E-state index is -0.262. The molecule has 7 nitrogen and oxygen atoms in total. The SMILES string of the molecule is COc1ccc(C=CC(=O)Nc2cnn(Cc3ccc(C(C)=O)o3)c2)cc1. The molecule has 0 aliphatic heterocycles. The van der Waals surface area contributed by atoms with Crippen molar-refractivity contribution in [2.75, 3.05) is 12.4 Å². The predicted molar refractivity (Wildman–Crippen MR) is 101 cm³/mol. The van der Waals surface area contributed by atoms with Crippen molar-refractivity contribution in [2.24, 2.45) is 0 Å². The Hall–Kier alpha value is -3.61. The van der Waals surface area contributed by atoms with E-state index in [0.29, 0.717) is 23.8 Å². The smallest absolute Gasteiger partial charge is 0.248 e. The number of benzene rings is 1. The van der Waals surface area contributed by atoms with Crippen LogP contribution in [0.3, 0.4) is 0 Å². The van der Waals surface area contributed by atoms with Crippen LogP contribution in [-0.4, -0.2) is 28.6 Å². The van der Waals surface area contributed by atoms with Gasteiger partial charge < -0.3 is 14.5 Å². The van der Waals surface area contributed by atoms with Crippen molar-refractivity contribution in [3.05, 3.63) is 72.0 Å². The second-order valence-electron chi connectivity index (χ2n) is 5.84. The van der Waals surface area contributed by atoms with E-state index >= 15 is 0 Å². The molecule has 0 aliphatic rings. The number of nitrogens with one attached hydrogen (secondary N) is 1. The van der Waals surface area contributed by atoms with E-state index < -0.39 is 0 Å². The molecule has 0 spiro atoms. The van der Waals surface area contributed by atoms with Crippen LogP contribution in [0, 0.1) is 0 Å². The number of nitrogens with zero attached hydrogens (tertiary/aromatic N) is 2. The molecule has 3 aromatic rings. The fraction of sp³-hybridized carbons (Fsp3) is 0.150. The zero-order valence-corrected chi connectivity index (χ0v) is 15.0. The van der Waals surface area contributed by atoms with Gasteiger partial charge in [0.1, 0.15) is 11.5 Å². The number of ketones is 1. The highest BCUT2D eigenvalue weighted by atomic mass is 16.5. The van der Waals surface area contributed by atoms with Gasteiger partial charge in [0, 0.05) is 19.2 Å². The van der Waals surface area contributed by atoms with Gasteiger partial charge in [-0.25, -0.2) is 0 Å². The molecule has 138 valence electrons. The fourth-order valence-electron chi connectivity index (χ4n) is 2.40. The van der Waals surface area contributed by atoms with Crippen molar-refractivity contribution >= 4 is 23.5 Å². The number of carbonyl (C=O) groups excluding carboxylic acids is 2. The summed E-state index contributed by atoms with van der Waals surface area (Å²) in [5.74, 6) is 1.30. The van der Waals surface area contributed by atoms with Crippen molar-refractivity contribution in [3.63, 3.8) is 0 Å². The van der Waals surface area contributed by atoms with Crippen LogP contribution in [-0.2, 0) is 11.3 Å². The van der Waals surface area contributed by atoms with E-state index in [1.807, 2.05) is 24.3 Å². The first-order valence-corrected chi connectivity index (χ1v) is 8.29. The van der Waals surface area contributed by atoms with Gasteiger partial charge in [-0.2, -0.15) is 5.10 Å². The summed E-state index contributed by atoms with van der Waals surface area (Å²) < 4.78 is 12.1. The molecule has 0 aliphatic carbocycles. The van der Waals surface area contributed by atoms with Crippen molar-refractivity contribution in [1.82, 2.24) is 9.78 Å². The number of Topliss-reactive ketones (excluding diaryl/α,β-unsaturated/α-hetero) is 1. The Morgan fingerprint density at radius 2 is 2.00 bits per heavy atom. The Morgan fingerprint density at radius 3 is 2.67 bits per heavy atom. The molecule has 7 heteroatoms. The average Bonchev–Trinajstić information content (AvgIpc) is 3.30. The van der Waals surface area contributed by atoms with E-state index in [2.05, 4.69) is 10.4 Å². The molecular weight excluding hydrogens is 346 g/mol. The molecule has 1 amide bonds. The normalized spacial score (nSPS) is 10.9. The number of furan rings is 1. The van der Waals surface area contributed by atoms with Gasteiger partial charge in [0.15, 0.2) is 11.5 Å². The minimum Gasteiger partial charge on any atom is -0.497 e. The molecule has 0 atom stereocenters. The number of hydrogen-bond donors (Lipinski definition) is 1. The number of carbonyl (C=O) groups is 2. The molecule has 2 heterocycles. The molecule has 1 aromatic carbocycles. The maximum absolute atomic E-state index is 12.0. The van der Waals surface area contributed by atoms with Gasteiger partial charge in [-0.3, -0.25) is 14.3 Å². The van der Waals surface area contributed by atoms with Crippen LogP contribution in [0.15, 0.2) is 59.3 Å². The third-order valence-corrected chi connectivity index (χ3v) is 3.77. The van der Waals surface area contributed by atoms with Crippen LogP contribution >= 0.6 is 0 Å². The summed E-state index contributed by atoms with van der Waals surface area (Å²) in [6.07, 6.45) is 6.40. The number of hydrogen-bond acceptors (Lipinski definition) is 5. The lowest BCUT2D eigenvalue weighted by atomic mass is 10.2. The molecular formula is C20H19N3O4. The van der Waals surface area contributed by atoms with Crippen LogP contribution in [0.25, 0.3) is 6.08 Å². The van der Waals surface area contributed by atoms with Crippen molar-refractivity contribution in [3.8, 4) is 5.75 Å². The number of methoxy groups -OCH3 is 1. The quantitative estimate of drug-likeness (QED) is 0.512. The second kappa shape index (κ2) is 8.18. The Labute approximate surface area is 156 Å². The van der Waals surface area contributed by atoms with Crippen LogP contribution in [0.5, 0.6) is 5.75 Å². The van der Waals surface area contributed by atoms with E-state index in [4.69, 9.17) is 9.15 Å². The standard InChI is InChI=1S/C20H19N3O4/c1-14(24)19-9-8-18(27-19)13-23-12-16(11-21-23)22-20(25)10-5-15-3-6-17(26-2)7-4-15/h3-12H,13H2,1-2H3,(H,22,25). The summed E-state index contributed by atoms with van der Waals surface area (Å²) in [5, 5.41) is 6.92. The Balaban J connectivity index is 1.56. The van der Waals surface area contributed by atoms with Crippen molar-refractivity contribution in [1.29, 1.82) is 0 Å². The lowest BCUT2D eigenvalue weighted by Crippen LogP contribution is -2.07. The Kier molecular flexibility index (Phi) is 5.51. The summed E-state index contributed by atoms with van der Waals surface area (Å²) >= 11 is 0. The van der Waals surface area contributed by atoms with Gasteiger partial charge in [-0.1, -0.05) is 12.1 Å². The van der Waals surface area contributed by atoms with Crippen molar-refractivity contribution in [2.45, 2.75) is 13.5 Å². The van der Waals surface area contributed by atoms with E-state index in [0.717, 1.165) is 11.3 Å². The zero-order chi connectivity index (χ0) is 19.2. The molecule has 0 bridgehead atoms. The van der Waals surface area contributed by atoms with Crippen LogP contribution < -0.4 is 10.1 Å². The third kappa shape index (κ3) is 4.94. The first kappa shape index (κ1) is 18.2. The van der Waals surface area contributed by atoms with Gasteiger partial charge in [-0.05, 0) is 35.9 Å². The highest BCUT2D eigenvalue weighted by Crippen LogP contribution is 2.14. The van der Waals surface area contributed by atoms with Gasteiger partial charge in [0.2, 0.25) is 5.91 Å². The second-order valence-corrected chi connectivity index (χ2v) is 5.84. The van der Waals surface area contributed by atoms with Crippen LogP contribution in [0.2, 0.25) is 0 Å². The lowest BCUT2D eigenvalue weighted by Gasteiger charge is -2.00. The molecule has 2 aromatic heterocycles. The summed E-state index contributed by atoms with van der Waals surface area (Å²) in [6.45, 7) is 1.81. The fourth-order valence-corrected chi connectivity index (χ4v) is 2.40. The summed E-state index contributed by atoms with van der Waals surface area (Å²) in [5.41, 5.74) is 1.46. The van der Waals surface area contributed by atoms with E-state index in [1.165, 1.54) is 13.0 Å². The zero-order valence-electron chi connectivity index (χ0n) is 15.0. The first-order chi connectivity index (χ1) is 13.0. The van der Waals surface area contributed by atoms with Crippen LogP contribution in [0.1, 0.15) is 28.8 Å². The van der Waals surface area contributed by atoms with E-state index in [-0.39, 0.29) is 11.7 Å². The molecule has 0 saturated heterocycles. The Bertz CT molecular complexity index is 967. The topological polar surface area (TPSA) is 86.4 Å². The number of amides is 1. The molecule has 1 N–H and O–H groups in total. The van der Waals surface area contributed by atoms with Gasteiger partial charge in [0.25, 0.3) is 0 Å². The number of aromatic nitrogens is 2. The molecule has 0 unspecified atom stereocenters. The lowest BCUT2D eigenvalue weighted by molar-refractivity contribution is -0.111. The molecule has 0 saturated carbocycles. The van der Waals surface area contributed by atoms with Gasteiger partial charge in [0.05, 0.1) is 25.5 Å². The molecule has 3 rings (SSSR count). The monoisotopic (exact) mass is 365 g/mol. The Morgan fingerprint density at radius 1 is 1.22 bits per heavy atom. The first-order valence-electron chi connectivity index (χ1n) is 8.29. The molecule has 27 heavy (non-hydrogen) atoms. The average molecular weight is 365 g/mol. The van der Waals surface area contributed by atoms with E-state index in [9.17, 15) is 9.59 Å². The maximum Gasteiger partial charge on any atom is 0.248 e. The van der Waals surface area contributed by atoms with E-state index in [1.54, 1.807) is 42.4 Å².